The monoisotopic (exact) mass is 343 g/mol. The molecule has 1 aliphatic heterocycles. The zero-order valence-electron chi connectivity index (χ0n) is 13.7. The summed E-state index contributed by atoms with van der Waals surface area (Å²) in [5.74, 6) is -0.828. The van der Waals surface area contributed by atoms with E-state index in [1.54, 1.807) is 12.1 Å². The van der Waals surface area contributed by atoms with Crippen molar-refractivity contribution in [3.05, 3.63) is 24.2 Å². The Kier molecular flexibility index (Phi) is 5.40. The predicted octanol–water partition coefficient (Wildman–Crippen LogP) is 0.703. The van der Waals surface area contributed by atoms with Crippen LogP contribution in [0.15, 0.2) is 22.8 Å². The van der Waals surface area contributed by atoms with Gasteiger partial charge in [-0.05, 0) is 19.1 Å². The zero-order chi connectivity index (χ0) is 18.4. The van der Waals surface area contributed by atoms with E-state index in [-0.39, 0.29) is 31.7 Å². The summed E-state index contributed by atoms with van der Waals surface area (Å²) in [5, 5.41) is 19.9. The lowest BCUT2D eigenvalue weighted by molar-refractivity contribution is -0.139. The van der Waals surface area contributed by atoms with Crippen LogP contribution in [0.25, 0.3) is 0 Å². The zero-order valence-corrected chi connectivity index (χ0v) is 13.7. The summed E-state index contributed by atoms with van der Waals surface area (Å²) in [5.41, 5.74) is -1.37. The van der Waals surface area contributed by atoms with E-state index < -0.39 is 29.9 Å². The third kappa shape index (κ3) is 3.61. The fourth-order valence-corrected chi connectivity index (χ4v) is 2.54. The Morgan fingerprint density at radius 2 is 1.96 bits per heavy atom. The lowest BCUT2D eigenvalue weighted by atomic mass is 9.99. The van der Waals surface area contributed by atoms with Crippen molar-refractivity contribution in [3.63, 3.8) is 0 Å². The number of nitriles is 2. The third-order valence-corrected chi connectivity index (χ3v) is 3.92. The number of hydrogen-bond acceptors (Lipinski definition) is 6. The van der Waals surface area contributed by atoms with E-state index in [2.05, 4.69) is 5.32 Å². The van der Waals surface area contributed by atoms with Gasteiger partial charge in [-0.25, -0.2) is 4.79 Å². The van der Waals surface area contributed by atoms with Crippen LogP contribution >= 0.6 is 0 Å². The normalized spacial score (nSPS) is 19.2. The standard InChI is InChI=1S/C16H17N5O4/c1-16(12-5-2-10-25-12)14(23)21(15(24)19-16)11-13(22)20(8-3-6-17)9-4-7-18/h2,5,10H,3-4,8-9,11H2,1H3,(H,19,24). The number of rotatable bonds is 7. The van der Waals surface area contributed by atoms with Gasteiger partial charge in [0, 0.05) is 13.1 Å². The minimum absolute atomic E-state index is 0.0986. The number of carbonyl (C=O) groups excluding carboxylic acids is 3. The highest BCUT2D eigenvalue weighted by Gasteiger charge is 2.51. The van der Waals surface area contributed by atoms with Crippen molar-refractivity contribution in [2.45, 2.75) is 25.3 Å². The van der Waals surface area contributed by atoms with Crippen LogP contribution in [0, 0.1) is 22.7 Å². The Hall–Kier alpha value is -3.33. The minimum atomic E-state index is -1.37. The van der Waals surface area contributed by atoms with Crippen LogP contribution in [-0.2, 0) is 15.1 Å². The quantitative estimate of drug-likeness (QED) is 0.725. The number of nitrogens with zero attached hydrogens (tertiary/aromatic N) is 4. The van der Waals surface area contributed by atoms with Gasteiger partial charge in [-0.2, -0.15) is 10.5 Å². The van der Waals surface area contributed by atoms with E-state index in [0.29, 0.717) is 0 Å². The number of furan rings is 1. The van der Waals surface area contributed by atoms with Crippen LogP contribution in [0.1, 0.15) is 25.5 Å². The highest BCUT2D eigenvalue weighted by Crippen LogP contribution is 2.28. The highest BCUT2D eigenvalue weighted by molar-refractivity contribution is 6.08. The second-order valence-corrected chi connectivity index (χ2v) is 5.62. The molecule has 0 bridgehead atoms. The molecule has 0 radical (unpaired) electrons. The molecule has 1 aromatic heterocycles. The average molecular weight is 343 g/mol. The van der Waals surface area contributed by atoms with Crippen LogP contribution < -0.4 is 5.32 Å². The molecular weight excluding hydrogens is 326 g/mol. The van der Waals surface area contributed by atoms with Crippen LogP contribution in [0.4, 0.5) is 4.79 Å². The fourth-order valence-electron chi connectivity index (χ4n) is 2.54. The molecule has 1 aliphatic rings. The Labute approximate surface area is 144 Å². The summed E-state index contributed by atoms with van der Waals surface area (Å²) >= 11 is 0. The molecule has 0 aromatic carbocycles. The molecule has 1 unspecified atom stereocenters. The topological polar surface area (TPSA) is 130 Å². The first-order valence-corrected chi connectivity index (χ1v) is 7.63. The molecule has 130 valence electrons. The molecule has 2 heterocycles. The second kappa shape index (κ2) is 7.49. The molecule has 0 spiro atoms. The van der Waals surface area contributed by atoms with Gasteiger partial charge in [0.05, 0.1) is 31.2 Å². The van der Waals surface area contributed by atoms with Crippen molar-refractivity contribution in [1.82, 2.24) is 15.1 Å². The van der Waals surface area contributed by atoms with Crippen molar-refractivity contribution in [3.8, 4) is 12.1 Å². The van der Waals surface area contributed by atoms with Gasteiger partial charge in [0.2, 0.25) is 5.91 Å². The smallest absolute Gasteiger partial charge is 0.325 e. The highest BCUT2D eigenvalue weighted by atomic mass is 16.3. The molecule has 1 aromatic rings. The Bertz CT molecular complexity index is 728. The number of amides is 4. The first-order chi connectivity index (χ1) is 11.9. The van der Waals surface area contributed by atoms with Crippen molar-refractivity contribution < 1.29 is 18.8 Å². The maximum Gasteiger partial charge on any atom is 0.325 e. The molecule has 1 atom stereocenters. The third-order valence-electron chi connectivity index (χ3n) is 3.92. The van der Waals surface area contributed by atoms with Gasteiger partial charge < -0.3 is 14.6 Å². The maximum atomic E-state index is 12.6. The number of nitrogens with one attached hydrogen (secondary N) is 1. The number of urea groups is 1. The first kappa shape index (κ1) is 18.0. The first-order valence-electron chi connectivity index (χ1n) is 7.63. The number of hydrogen-bond donors (Lipinski definition) is 1. The van der Waals surface area contributed by atoms with Crippen molar-refractivity contribution in [2.75, 3.05) is 19.6 Å². The Morgan fingerprint density at radius 1 is 1.32 bits per heavy atom. The molecule has 1 saturated heterocycles. The SMILES string of the molecule is CC1(c2ccco2)NC(=O)N(CC(=O)N(CCC#N)CCC#N)C1=O. The van der Waals surface area contributed by atoms with E-state index in [4.69, 9.17) is 14.9 Å². The fraction of sp³-hybridized carbons (Fsp3) is 0.438. The van der Waals surface area contributed by atoms with Gasteiger partial charge in [-0.3, -0.25) is 14.5 Å². The lowest BCUT2D eigenvalue weighted by Crippen LogP contribution is -2.45. The molecule has 0 saturated carbocycles. The molecule has 1 N–H and O–H groups in total. The molecule has 4 amide bonds. The van der Waals surface area contributed by atoms with Crippen molar-refractivity contribution in [1.29, 1.82) is 10.5 Å². The van der Waals surface area contributed by atoms with E-state index in [1.165, 1.54) is 18.1 Å². The van der Waals surface area contributed by atoms with Gasteiger partial charge in [-0.1, -0.05) is 0 Å². The molecular formula is C16H17N5O4. The lowest BCUT2D eigenvalue weighted by Gasteiger charge is -2.23. The molecule has 25 heavy (non-hydrogen) atoms. The van der Waals surface area contributed by atoms with Gasteiger partial charge in [0.15, 0.2) is 5.54 Å². The summed E-state index contributed by atoms with van der Waals surface area (Å²) in [4.78, 5) is 39.3. The van der Waals surface area contributed by atoms with Gasteiger partial charge >= 0.3 is 6.03 Å². The van der Waals surface area contributed by atoms with Crippen LogP contribution in [-0.4, -0.2) is 47.3 Å². The van der Waals surface area contributed by atoms with Crippen LogP contribution in [0.3, 0.4) is 0 Å². The molecule has 9 heteroatoms. The maximum absolute atomic E-state index is 12.6. The van der Waals surface area contributed by atoms with E-state index in [9.17, 15) is 14.4 Å². The molecule has 2 rings (SSSR count). The van der Waals surface area contributed by atoms with Gasteiger partial charge in [-0.15, -0.1) is 0 Å². The van der Waals surface area contributed by atoms with E-state index >= 15 is 0 Å². The molecule has 1 fully saturated rings. The minimum Gasteiger partial charge on any atom is -0.466 e. The Morgan fingerprint density at radius 3 is 2.48 bits per heavy atom. The second-order valence-electron chi connectivity index (χ2n) is 5.62. The van der Waals surface area contributed by atoms with Gasteiger partial charge in [0.25, 0.3) is 5.91 Å². The van der Waals surface area contributed by atoms with E-state index in [1.807, 2.05) is 12.1 Å². The predicted molar refractivity (Wildman–Crippen MR) is 83.3 cm³/mol. The molecule has 0 aliphatic carbocycles. The largest absolute Gasteiger partial charge is 0.466 e. The van der Waals surface area contributed by atoms with Crippen LogP contribution in [0.5, 0.6) is 0 Å². The van der Waals surface area contributed by atoms with Crippen LogP contribution in [0.2, 0.25) is 0 Å². The van der Waals surface area contributed by atoms with E-state index in [0.717, 1.165) is 4.90 Å². The number of imide groups is 1. The summed E-state index contributed by atoms with van der Waals surface area (Å²) in [7, 11) is 0. The van der Waals surface area contributed by atoms with Crippen molar-refractivity contribution in [2.24, 2.45) is 0 Å². The summed E-state index contributed by atoms with van der Waals surface area (Å²) < 4.78 is 5.22. The molecule has 9 nitrogen and oxygen atoms in total. The summed E-state index contributed by atoms with van der Waals surface area (Å²) in [6.45, 7) is 1.31. The summed E-state index contributed by atoms with van der Waals surface area (Å²) in [6, 6.07) is 6.31. The number of carbonyl (C=O) groups is 3. The van der Waals surface area contributed by atoms with Crippen molar-refractivity contribution >= 4 is 17.8 Å². The summed E-state index contributed by atoms with van der Waals surface area (Å²) in [6.07, 6.45) is 1.59. The average Bonchev–Trinajstić information content (AvgIpc) is 3.19. The Balaban J connectivity index is 2.11. The van der Waals surface area contributed by atoms with Gasteiger partial charge in [0.1, 0.15) is 12.3 Å².